The molecule has 0 aliphatic heterocycles. The van der Waals surface area contributed by atoms with Gasteiger partial charge in [-0.15, -0.1) is 11.3 Å². The van der Waals surface area contributed by atoms with Crippen LogP contribution in [-0.2, 0) is 0 Å². The van der Waals surface area contributed by atoms with Crippen LogP contribution in [0.4, 0.5) is 8.78 Å². The average molecular weight is 240 g/mol. The minimum atomic E-state index is -1.11. The first kappa shape index (κ1) is 11.2. The SMILES string of the molecule is Cc1sccc1C(O)c1cccc(F)c1F. The van der Waals surface area contributed by atoms with Gasteiger partial charge in [0.2, 0.25) is 0 Å². The molecule has 0 amide bonds. The Balaban J connectivity index is 2.46. The first-order valence-corrected chi connectivity index (χ1v) is 5.65. The summed E-state index contributed by atoms with van der Waals surface area (Å²) in [7, 11) is 0. The normalized spacial score (nSPS) is 12.8. The highest BCUT2D eigenvalue weighted by atomic mass is 32.1. The van der Waals surface area contributed by atoms with Crippen LogP contribution in [-0.4, -0.2) is 5.11 Å². The number of rotatable bonds is 2. The molecule has 0 fully saturated rings. The van der Waals surface area contributed by atoms with Crippen molar-refractivity contribution in [2.24, 2.45) is 0 Å². The summed E-state index contributed by atoms with van der Waals surface area (Å²) in [5.41, 5.74) is 0.594. The predicted molar refractivity (Wildman–Crippen MR) is 59.5 cm³/mol. The van der Waals surface area contributed by atoms with Gasteiger partial charge in [0.1, 0.15) is 6.10 Å². The number of halogens is 2. The molecule has 2 aromatic rings. The molecule has 1 heterocycles. The molecule has 1 N–H and O–H groups in total. The van der Waals surface area contributed by atoms with Crippen molar-refractivity contribution >= 4 is 11.3 Å². The van der Waals surface area contributed by atoms with Crippen LogP contribution in [0.15, 0.2) is 29.6 Å². The topological polar surface area (TPSA) is 20.2 Å². The molecular weight excluding hydrogens is 230 g/mol. The maximum Gasteiger partial charge on any atom is 0.164 e. The lowest BCUT2D eigenvalue weighted by Gasteiger charge is -2.12. The molecule has 0 aliphatic rings. The number of aliphatic hydroxyl groups is 1. The molecule has 0 bridgehead atoms. The summed E-state index contributed by atoms with van der Waals surface area (Å²) in [6.07, 6.45) is -1.11. The summed E-state index contributed by atoms with van der Waals surface area (Å²) in [5, 5.41) is 11.8. The smallest absolute Gasteiger partial charge is 0.164 e. The fourth-order valence-corrected chi connectivity index (χ4v) is 2.31. The van der Waals surface area contributed by atoms with E-state index in [1.807, 2.05) is 12.3 Å². The van der Waals surface area contributed by atoms with E-state index in [4.69, 9.17) is 0 Å². The summed E-state index contributed by atoms with van der Waals surface area (Å²) < 4.78 is 26.4. The zero-order valence-corrected chi connectivity index (χ0v) is 9.39. The van der Waals surface area contributed by atoms with E-state index in [-0.39, 0.29) is 5.56 Å². The number of aliphatic hydroxyl groups excluding tert-OH is 1. The average Bonchev–Trinajstić information content (AvgIpc) is 2.68. The van der Waals surface area contributed by atoms with Gasteiger partial charge in [-0.05, 0) is 30.0 Å². The van der Waals surface area contributed by atoms with Crippen molar-refractivity contribution in [2.75, 3.05) is 0 Å². The Bertz CT molecular complexity index is 507. The Morgan fingerprint density at radius 1 is 1.19 bits per heavy atom. The molecule has 2 rings (SSSR count). The van der Waals surface area contributed by atoms with Crippen molar-refractivity contribution in [2.45, 2.75) is 13.0 Å². The third kappa shape index (κ3) is 1.86. The Kier molecular flexibility index (Phi) is 3.03. The number of hydrogen-bond acceptors (Lipinski definition) is 2. The fraction of sp³-hybridized carbons (Fsp3) is 0.167. The zero-order valence-electron chi connectivity index (χ0n) is 8.58. The van der Waals surface area contributed by atoms with E-state index in [1.165, 1.54) is 23.5 Å². The van der Waals surface area contributed by atoms with Gasteiger partial charge in [-0.1, -0.05) is 12.1 Å². The number of aryl methyl sites for hydroxylation is 1. The lowest BCUT2D eigenvalue weighted by molar-refractivity contribution is 0.213. The number of benzene rings is 1. The molecule has 0 radical (unpaired) electrons. The van der Waals surface area contributed by atoms with E-state index in [0.29, 0.717) is 5.56 Å². The maximum atomic E-state index is 13.4. The lowest BCUT2D eigenvalue weighted by Crippen LogP contribution is -2.04. The van der Waals surface area contributed by atoms with Gasteiger partial charge in [0.25, 0.3) is 0 Å². The van der Waals surface area contributed by atoms with Crippen LogP contribution in [0, 0.1) is 18.6 Å². The minimum absolute atomic E-state index is 0.0264. The second-order valence-corrected chi connectivity index (χ2v) is 4.60. The van der Waals surface area contributed by atoms with E-state index < -0.39 is 17.7 Å². The quantitative estimate of drug-likeness (QED) is 0.852. The van der Waals surface area contributed by atoms with Crippen LogP contribution in [0.25, 0.3) is 0 Å². The van der Waals surface area contributed by atoms with Crippen LogP contribution >= 0.6 is 11.3 Å². The van der Waals surface area contributed by atoms with Gasteiger partial charge in [-0.3, -0.25) is 0 Å². The van der Waals surface area contributed by atoms with Crippen molar-refractivity contribution in [1.82, 2.24) is 0 Å². The molecule has 1 nitrogen and oxygen atoms in total. The van der Waals surface area contributed by atoms with Gasteiger partial charge in [0, 0.05) is 10.4 Å². The Morgan fingerprint density at radius 2 is 1.94 bits per heavy atom. The molecule has 1 atom stereocenters. The van der Waals surface area contributed by atoms with E-state index in [0.717, 1.165) is 10.9 Å². The van der Waals surface area contributed by atoms with Crippen LogP contribution in [0.1, 0.15) is 22.1 Å². The predicted octanol–water partition coefficient (Wildman–Crippen LogP) is 3.42. The van der Waals surface area contributed by atoms with Crippen molar-refractivity contribution in [3.05, 3.63) is 57.3 Å². The summed E-state index contributed by atoms with van der Waals surface area (Å²) >= 11 is 1.46. The molecular formula is C12H10F2OS. The van der Waals surface area contributed by atoms with Crippen molar-refractivity contribution in [3.8, 4) is 0 Å². The second-order valence-electron chi connectivity index (χ2n) is 3.48. The third-order valence-corrected chi connectivity index (χ3v) is 3.33. The first-order chi connectivity index (χ1) is 7.61. The maximum absolute atomic E-state index is 13.4. The largest absolute Gasteiger partial charge is 0.384 e. The molecule has 1 aromatic heterocycles. The molecule has 0 spiro atoms. The molecule has 84 valence electrons. The molecule has 16 heavy (non-hydrogen) atoms. The lowest BCUT2D eigenvalue weighted by atomic mass is 10.0. The third-order valence-electron chi connectivity index (χ3n) is 2.47. The fourth-order valence-electron chi connectivity index (χ4n) is 1.58. The highest BCUT2D eigenvalue weighted by molar-refractivity contribution is 7.10. The van der Waals surface area contributed by atoms with Crippen molar-refractivity contribution < 1.29 is 13.9 Å². The second kappa shape index (κ2) is 4.31. The first-order valence-electron chi connectivity index (χ1n) is 4.77. The molecule has 0 saturated carbocycles. The Morgan fingerprint density at radius 3 is 2.56 bits per heavy atom. The van der Waals surface area contributed by atoms with E-state index in [1.54, 1.807) is 6.07 Å². The minimum Gasteiger partial charge on any atom is -0.384 e. The van der Waals surface area contributed by atoms with Gasteiger partial charge in [0.05, 0.1) is 0 Å². The van der Waals surface area contributed by atoms with Gasteiger partial charge in [-0.2, -0.15) is 0 Å². The summed E-state index contributed by atoms with van der Waals surface area (Å²) in [4.78, 5) is 0.899. The molecule has 4 heteroatoms. The van der Waals surface area contributed by atoms with Crippen molar-refractivity contribution in [3.63, 3.8) is 0 Å². The van der Waals surface area contributed by atoms with Crippen LogP contribution in [0.2, 0.25) is 0 Å². The summed E-state index contributed by atoms with van der Waals surface area (Å²) in [6, 6.07) is 5.53. The van der Waals surface area contributed by atoms with Gasteiger partial charge in [-0.25, -0.2) is 8.78 Å². The highest BCUT2D eigenvalue weighted by Crippen LogP contribution is 2.29. The van der Waals surface area contributed by atoms with Crippen LogP contribution in [0.5, 0.6) is 0 Å². The van der Waals surface area contributed by atoms with Gasteiger partial charge in [0.15, 0.2) is 11.6 Å². The van der Waals surface area contributed by atoms with E-state index in [9.17, 15) is 13.9 Å². The molecule has 1 aromatic carbocycles. The standard InChI is InChI=1S/C12H10F2OS/c1-7-8(5-6-16-7)12(15)9-3-2-4-10(13)11(9)14/h2-6,12,15H,1H3. The Labute approximate surface area is 96.0 Å². The summed E-state index contributed by atoms with van der Waals surface area (Å²) in [5.74, 6) is -1.93. The highest BCUT2D eigenvalue weighted by Gasteiger charge is 2.19. The summed E-state index contributed by atoms with van der Waals surface area (Å²) in [6.45, 7) is 1.83. The van der Waals surface area contributed by atoms with Crippen LogP contribution < -0.4 is 0 Å². The number of thiophene rings is 1. The monoisotopic (exact) mass is 240 g/mol. The van der Waals surface area contributed by atoms with E-state index >= 15 is 0 Å². The molecule has 0 aliphatic carbocycles. The zero-order chi connectivity index (χ0) is 11.7. The van der Waals surface area contributed by atoms with Crippen molar-refractivity contribution in [1.29, 1.82) is 0 Å². The van der Waals surface area contributed by atoms with Gasteiger partial charge < -0.3 is 5.11 Å². The van der Waals surface area contributed by atoms with Gasteiger partial charge >= 0.3 is 0 Å². The Hall–Kier alpha value is -1.26. The molecule has 0 saturated heterocycles. The number of hydrogen-bond donors (Lipinski definition) is 1. The van der Waals surface area contributed by atoms with Crippen LogP contribution in [0.3, 0.4) is 0 Å². The van der Waals surface area contributed by atoms with E-state index in [2.05, 4.69) is 0 Å². The molecule has 1 unspecified atom stereocenters.